The average Bonchev–Trinajstić information content (AvgIpc) is 3.19. The molecule has 1 aliphatic heterocycles. The molecule has 0 aliphatic carbocycles. The molecule has 0 saturated heterocycles. The van der Waals surface area contributed by atoms with Crippen molar-refractivity contribution < 1.29 is 4.79 Å². The maximum atomic E-state index is 12.3. The number of thioether (sulfide) groups is 1. The van der Waals surface area contributed by atoms with Crippen molar-refractivity contribution in [1.82, 2.24) is 10.4 Å². The fourth-order valence-corrected chi connectivity index (χ4v) is 6.12. The number of anilines is 1. The van der Waals surface area contributed by atoms with Gasteiger partial charge in [0.05, 0.1) is 27.7 Å². The van der Waals surface area contributed by atoms with Crippen molar-refractivity contribution in [2.24, 2.45) is 5.10 Å². The van der Waals surface area contributed by atoms with Crippen LogP contribution in [-0.2, 0) is 4.79 Å². The second-order valence-corrected chi connectivity index (χ2v) is 11.1. The SMILES string of the molecule is CCCN1c2cc(C)c(/C=N/NC(=O)CSc3nc4ccccc4s3)cc2C(C)=CC1(C)C. The number of hydrogen-bond donors (Lipinski definition) is 1. The smallest absolute Gasteiger partial charge is 0.250 e. The molecule has 4 rings (SSSR count). The number of aromatic nitrogens is 1. The molecule has 0 unspecified atom stereocenters. The van der Waals surface area contributed by atoms with E-state index in [-0.39, 0.29) is 17.2 Å². The highest BCUT2D eigenvalue weighted by Gasteiger charge is 2.31. The highest BCUT2D eigenvalue weighted by Crippen LogP contribution is 2.40. The summed E-state index contributed by atoms with van der Waals surface area (Å²) in [6.07, 6.45) is 5.18. The summed E-state index contributed by atoms with van der Waals surface area (Å²) >= 11 is 3.04. The number of hydrazone groups is 1. The van der Waals surface area contributed by atoms with Crippen LogP contribution in [0.15, 0.2) is 51.9 Å². The van der Waals surface area contributed by atoms with E-state index in [0.717, 1.165) is 38.6 Å². The maximum absolute atomic E-state index is 12.3. The number of thiazole rings is 1. The van der Waals surface area contributed by atoms with Gasteiger partial charge in [-0.2, -0.15) is 5.10 Å². The van der Waals surface area contributed by atoms with E-state index in [1.165, 1.54) is 28.6 Å². The van der Waals surface area contributed by atoms with Gasteiger partial charge in [-0.1, -0.05) is 36.9 Å². The molecule has 0 spiro atoms. The number of amides is 1. The number of fused-ring (bicyclic) bond motifs is 2. The molecule has 1 aliphatic rings. The van der Waals surface area contributed by atoms with E-state index >= 15 is 0 Å². The van der Waals surface area contributed by atoms with Crippen molar-refractivity contribution >= 4 is 56.7 Å². The van der Waals surface area contributed by atoms with Gasteiger partial charge in [0.2, 0.25) is 0 Å². The maximum Gasteiger partial charge on any atom is 0.250 e. The highest BCUT2D eigenvalue weighted by molar-refractivity contribution is 8.01. The number of para-hydroxylation sites is 1. The van der Waals surface area contributed by atoms with Crippen LogP contribution in [0.5, 0.6) is 0 Å². The molecule has 3 aromatic rings. The minimum absolute atomic E-state index is 0.00987. The Morgan fingerprint density at radius 1 is 1.27 bits per heavy atom. The Hall–Kier alpha value is -2.64. The predicted molar refractivity (Wildman–Crippen MR) is 143 cm³/mol. The molecule has 2 heterocycles. The number of hydrogen-bond acceptors (Lipinski definition) is 6. The molecule has 1 N–H and O–H groups in total. The number of nitrogens with zero attached hydrogens (tertiary/aromatic N) is 3. The molecule has 0 fully saturated rings. The molecule has 1 amide bonds. The summed E-state index contributed by atoms with van der Waals surface area (Å²) < 4.78 is 2.02. The molecule has 0 radical (unpaired) electrons. The van der Waals surface area contributed by atoms with Crippen molar-refractivity contribution in [1.29, 1.82) is 0 Å². The Balaban J connectivity index is 1.43. The van der Waals surface area contributed by atoms with Crippen molar-refractivity contribution in [3.05, 3.63) is 59.2 Å². The normalized spacial score (nSPS) is 15.1. The van der Waals surface area contributed by atoms with Gasteiger partial charge in [0.25, 0.3) is 5.91 Å². The molecule has 0 saturated carbocycles. The van der Waals surface area contributed by atoms with Gasteiger partial charge < -0.3 is 4.90 Å². The number of benzene rings is 2. The van der Waals surface area contributed by atoms with Crippen LogP contribution in [0.4, 0.5) is 5.69 Å². The Morgan fingerprint density at radius 3 is 2.82 bits per heavy atom. The van der Waals surface area contributed by atoms with Crippen molar-refractivity contribution in [3.8, 4) is 0 Å². The summed E-state index contributed by atoms with van der Waals surface area (Å²) in [5.74, 6) is 0.140. The first-order chi connectivity index (χ1) is 15.8. The zero-order chi connectivity index (χ0) is 23.6. The standard InChI is InChI=1S/C26H30N4OS2/c1-6-11-30-22-12-17(2)19(13-20(22)18(3)14-26(30,4)5)15-27-29-24(31)16-32-25-28-21-9-7-8-10-23(21)33-25/h7-10,12-15H,6,11,16H2,1-5H3,(H,29,31)/b27-15+. The molecule has 172 valence electrons. The average molecular weight is 479 g/mol. The number of allylic oxidation sites excluding steroid dienone is 1. The van der Waals surface area contributed by atoms with Gasteiger partial charge in [0.15, 0.2) is 4.34 Å². The lowest BCUT2D eigenvalue weighted by molar-refractivity contribution is -0.118. The van der Waals surface area contributed by atoms with Gasteiger partial charge in [-0.25, -0.2) is 10.4 Å². The molecule has 0 bridgehead atoms. The second kappa shape index (κ2) is 9.69. The Labute approximate surface area is 204 Å². The van der Waals surface area contributed by atoms with Crippen LogP contribution in [0.25, 0.3) is 15.8 Å². The number of nitrogens with one attached hydrogen (secondary N) is 1. The van der Waals surface area contributed by atoms with E-state index in [2.05, 4.69) is 73.2 Å². The van der Waals surface area contributed by atoms with Gasteiger partial charge in [-0.3, -0.25) is 4.79 Å². The number of rotatable bonds is 7. The molecular formula is C26H30N4OS2. The molecule has 33 heavy (non-hydrogen) atoms. The molecule has 1 aromatic heterocycles. The summed E-state index contributed by atoms with van der Waals surface area (Å²) in [7, 11) is 0. The van der Waals surface area contributed by atoms with E-state index < -0.39 is 0 Å². The summed E-state index contributed by atoms with van der Waals surface area (Å²) in [6, 6.07) is 12.4. The van der Waals surface area contributed by atoms with E-state index in [0.29, 0.717) is 0 Å². The summed E-state index contributed by atoms with van der Waals surface area (Å²) in [5, 5.41) is 4.23. The van der Waals surface area contributed by atoms with Crippen LogP contribution in [0.3, 0.4) is 0 Å². The van der Waals surface area contributed by atoms with Gasteiger partial charge in [-0.05, 0) is 75.1 Å². The molecule has 2 aromatic carbocycles. The van der Waals surface area contributed by atoms with E-state index in [1.54, 1.807) is 17.6 Å². The number of carbonyl (C=O) groups is 1. The molecule has 7 heteroatoms. The van der Waals surface area contributed by atoms with Crippen molar-refractivity contribution in [2.45, 2.75) is 50.9 Å². The molecular weight excluding hydrogens is 448 g/mol. The first-order valence-corrected chi connectivity index (χ1v) is 13.0. The largest absolute Gasteiger partial charge is 0.362 e. The van der Waals surface area contributed by atoms with Crippen LogP contribution in [0.1, 0.15) is 50.8 Å². The van der Waals surface area contributed by atoms with Gasteiger partial charge in [-0.15, -0.1) is 11.3 Å². The molecule has 5 nitrogen and oxygen atoms in total. The van der Waals surface area contributed by atoms with Crippen LogP contribution >= 0.6 is 23.1 Å². The van der Waals surface area contributed by atoms with E-state index in [4.69, 9.17) is 0 Å². The van der Waals surface area contributed by atoms with Gasteiger partial charge in [0.1, 0.15) is 0 Å². The minimum Gasteiger partial charge on any atom is -0.362 e. The number of carbonyl (C=O) groups excluding carboxylic acids is 1. The molecule has 0 atom stereocenters. The Bertz CT molecular complexity index is 1210. The van der Waals surface area contributed by atoms with E-state index in [9.17, 15) is 4.79 Å². The lowest BCUT2D eigenvalue weighted by Crippen LogP contribution is -2.45. The van der Waals surface area contributed by atoms with Crippen LogP contribution in [-0.4, -0.2) is 34.9 Å². The Kier molecular flexibility index (Phi) is 6.91. The quantitative estimate of drug-likeness (QED) is 0.247. The lowest BCUT2D eigenvalue weighted by atomic mass is 9.87. The zero-order valence-electron chi connectivity index (χ0n) is 19.8. The minimum atomic E-state index is -0.141. The van der Waals surface area contributed by atoms with Crippen molar-refractivity contribution in [3.63, 3.8) is 0 Å². The number of aryl methyl sites for hydroxylation is 1. The predicted octanol–water partition coefficient (Wildman–Crippen LogP) is 6.26. The topological polar surface area (TPSA) is 57.6 Å². The Morgan fingerprint density at radius 2 is 2.06 bits per heavy atom. The first-order valence-electron chi connectivity index (χ1n) is 11.2. The lowest BCUT2D eigenvalue weighted by Gasteiger charge is -2.43. The highest BCUT2D eigenvalue weighted by atomic mass is 32.2. The van der Waals surface area contributed by atoms with Gasteiger partial charge in [0, 0.05) is 17.8 Å². The first kappa shape index (κ1) is 23.5. The van der Waals surface area contributed by atoms with E-state index in [1.807, 2.05) is 24.3 Å². The summed E-state index contributed by atoms with van der Waals surface area (Å²) in [5.41, 5.74) is 9.54. The summed E-state index contributed by atoms with van der Waals surface area (Å²) in [4.78, 5) is 19.3. The fourth-order valence-electron chi connectivity index (χ4n) is 4.26. The fraction of sp³-hybridized carbons (Fsp3) is 0.346. The third-order valence-corrected chi connectivity index (χ3v) is 7.99. The van der Waals surface area contributed by atoms with Crippen molar-refractivity contribution in [2.75, 3.05) is 17.2 Å². The summed E-state index contributed by atoms with van der Waals surface area (Å²) in [6.45, 7) is 12.0. The van der Waals surface area contributed by atoms with Crippen LogP contribution in [0.2, 0.25) is 0 Å². The zero-order valence-corrected chi connectivity index (χ0v) is 21.4. The third kappa shape index (κ3) is 5.14. The van der Waals surface area contributed by atoms with Crippen LogP contribution in [0, 0.1) is 6.92 Å². The third-order valence-electron chi connectivity index (χ3n) is 5.81. The van der Waals surface area contributed by atoms with Gasteiger partial charge >= 0.3 is 0 Å². The van der Waals surface area contributed by atoms with Crippen LogP contribution < -0.4 is 10.3 Å². The second-order valence-electron chi connectivity index (χ2n) is 8.89. The monoisotopic (exact) mass is 478 g/mol.